The minimum absolute atomic E-state index is 0.00982. The highest BCUT2D eigenvalue weighted by Gasteiger charge is 2.16. The van der Waals surface area contributed by atoms with Gasteiger partial charge in [0.2, 0.25) is 0 Å². The number of hydrogen-bond acceptors (Lipinski definition) is 6. The van der Waals surface area contributed by atoms with Gasteiger partial charge in [-0.15, -0.1) is 30.7 Å². The smallest absolute Gasteiger partial charge is 0.113 e. The Morgan fingerprint density at radius 2 is 0.821 bits per heavy atom. The van der Waals surface area contributed by atoms with Crippen molar-refractivity contribution in [3.8, 4) is 0 Å². The quantitative estimate of drug-likeness (QED) is 0.298. The Bertz CT molecular complexity index is 1100. The highest BCUT2D eigenvalue weighted by molar-refractivity contribution is 5.67. The van der Waals surface area contributed by atoms with Crippen LogP contribution in [0.1, 0.15) is 26.3 Å². The van der Waals surface area contributed by atoms with Gasteiger partial charge in [-0.2, -0.15) is 0 Å². The van der Waals surface area contributed by atoms with Gasteiger partial charge in [0, 0.05) is 0 Å². The van der Waals surface area contributed by atoms with Gasteiger partial charge >= 0.3 is 0 Å². The molecule has 0 N–H and O–H groups in total. The Kier molecular flexibility index (Phi) is 4.61. The van der Waals surface area contributed by atoms with Gasteiger partial charge in [-0.3, -0.25) is 0 Å². The fourth-order valence-corrected chi connectivity index (χ4v) is 2.74. The summed E-state index contributed by atoms with van der Waals surface area (Å²) in [5, 5.41) is 26.3. The second-order valence-corrected chi connectivity index (χ2v) is 7.53. The third kappa shape index (κ3) is 3.76. The maximum absolute atomic E-state index is 4.46. The Labute approximate surface area is 163 Å². The van der Waals surface area contributed by atoms with Gasteiger partial charge in [-0.1, -0.05) is 51.1 Å². The van der Waals surface area contributed by atoms with Crippen LogP contribution in [0.15, 0.2) is 97.4 Å². The molecule has 4 rings (SSSR count). The lowest BCUT2D eigenvalue weighted by molar-refractivity contribution is 0.590. The van der Waals surface area contributed by atoms with Crippen molar-refractivity contribution in [2.45, 2.75) is 26.2 Å². The minimum Gasteiger partial charge on any atom is -0.148 e. The van der Waals surface area contributed by atoms with Crippen molar-refractivity contribution in [1.29, 1.82) is 0 Å². The molecule has 1 aliphatic heterocycles. The third-order valence-electron chi connectivity index (χ3n) is 4.40. The van der Waals surface area contributed by atoms with Gasteiger partial charge < -0.3 is 0 Å². The molecule has 0 unspecified atom stereocenters. The van der Waals surface area contributed by atoms with Gasteiger partial charge in [0.05, 0.1) is 0 Å². The summed E-state index contributed by atoms with van der Waals surface area (Å²) in [7, 11) is 0. The maximum Gasteiger partial charge on any atom is 0.113 e. The topological polar surface area (TPSA) is 74.2 Å². The second kappa shape index (κ2) is 7.23. The second-order valence-electron chi connectivity index (χ2n) is 7.53. The molecule has 6 nitrogen and oxygen atoms in total. The molecule has 0 aliphatic carbocycles. The normalized spacial score (nSPS) is 13.1. The summed E-state index contributed by atoms with van der Waals surface area (Å²) in [6.45, 7) is 6.48. The van der Waals surface area contributed by atoms with Gasteiger partial charge in [0.15, 0.2) is 0 Å². The summed E-state index contributed by atoms with van der Waals surface area (Å²) < 4.78 is 0. The summed E-state index contributed by atoms with van der Waals surface area (Å²) >= 11 is 0. The van der Waals surface area contributed by atoms with E-state index in [-0.39, 0.29) is 5.41 Å². The van der Waals surface area contributed by atoms with Crippen LogP contribution in [0, 0.1) is 0 Å². The van der Waals surface area contributed by atoms with Crippen LogP contribution in [0.4, 0.5) is 34.1 Å². The largest absolute Gasteiger partial charge is 0.148 e. The molecule has 6 heteroatoms. The lowest BCUT2D eigenvalue weighted by Crippen LogP contribution is -2.10. The van der Waals surface area contributed by atoms with E-state index in [4.69, 9.17) is 0 Å². The van der Waals surface area contributed by atoms with Crippen LogP contribution < -0.4 is 0 Å². The first-order valence-corrected chi connectivity index (χ1v) is 9.08. The standard InChI is InChI=1S/C22H20N6/c1-22(2,3)15-12-13-20-21(14-15)28-26-19-11-7-6-10-18(19)24-23-16-8-4-5-9-17(16)25-27-20/h4-14H,1-3H3. The molecular formula is C22H20N6. The number of fused-ring (bicyclic) bond motifs is 3. The van der Waals surface area contributed by atoms with Crippen molar-refractivity contribution in [3.05, 3.63) is 72.3 Å². The van der Waals surface area contributed by atoms with E-state index in [1.165, 1.54) is 0 Å². The zero-order chi connectivity index (χ0) is 19.6. The van der Waals surface area contributed by atoms with Crippen LogP contribution in [0.2, 0.25) is 0 Å². The Hall–Kier alpha value is -3.54. The average molecular weight is 368 g/mol. The monoisotopic (exact) mass is 368 g/mol. The highest BCUT2D eigenvalue weighted by atomic mass is 15.2. The zero-order valence-corrected chi connectivity index (χ0v) is 16.0. The molecule has 0 radical (unpaired) electrons. The Balaban J connectivity index is 1.93. The first-order chi connectivity index (χ1) is 13.5. The summed E-state index contributed by atoms with van der Waals surface area (Å²) in [5.41, 5.74) is 5.05. The third-order valence-corrected chi connectivity index (χ3v) is 4.40. The molecule has 3 aromatic rings. The predicted molar refractivity (Wildman–Crippen MR) is 111 cm³/mol. The zero-order valence-electron chi connectivity index (χ0n) is 16.0. The van der Waals surface area contributed by atoms with Gasteiger partial charge in [0.1, 0.15) is 34.1 Å². The highest BCUT2D eigenvalue weighted by Crippen LogP contribution is 2.39. The minimum atomic E-state index is -0.00982. The summed E-state index contributed by atoms with van der Waals surface area (Å²) in [5.74, 6) is 0. The molecule has 0 aromatic heterocycles. The van der Waals surface area contributed by atoms with Gasteiger partial charge in [-0.05, 0) is 47.4 Å². The van der Waals surface area contributed by atoms with E-state index in [1.807, 2.05) is 60.7 Å². The molecule has 0 atom stereocenters. The van der Waals surface area contributed by atoms with E-state index >= 15 is 0 Å². The number of nitrogens with zero attached hydrogens (tertiary/aromatic N) is 6. The molecule has 0 amide bonds. The molecule has 0 saturated heterocycles. The van der Waals surface area contributed by atoms with Crippen LogP contribution in [-0.4, -0.2) is 0 Å². The van der Waals surface area contributed by atoms with Crippen molar-refractivity contribution >= 4 is 34.1 Å². The number of azo groups is 3. The van der Waals surface area contributed by atoms with Crippen molar-refractivity contribution in [3.63, 3.8) is 0 Å². The van der Waals surface area contributed by atoms with Crippen LogP contribution >= 0.6 is 0 Å². The lowest BCUT2D eigenvalue weighted by Gasteiger charge is -2.19. The summed E-state index contributed by atoms with van der Waals surface area (Å²) in [6, 6.07) is 21.0. The van der Waals surface area contributed by atoms with E-state index in [0.29, 0.717) is 34.1 Å². The van der Waals surface area contributed by atoms with E-state index in [9.17, 15) is 0 Å². The molecule has 3 aromatic carbocycles. The molecular weight excluding hydrogens is 348 g/mol. The fraction of sp³-hybridized carbons (Fsp3) is 0.182. The summed E-state index contributed by atoms with van der Waals surface area (Å²) in [6.07, 6.45) is 0. The summed E-state index contributed by atoms with van der Waals surface area (Å²) in [4.78, 5) is 0. The predicted octanol–water partition coefficient (Wildman–Crippen LogP) is 8.54. The molecule has 28 heavy (non-hydrogen) atoms. The van der Waals surface area contributed by atoms with Crippen LogP contribution in [0.25, 0.3) is 0 Å². The van der Waals surface area contributed by atoms with Crippen molar-refractivity contribution in [2.75, 3.05) is 0 Å². The number of hydrogen-bond donors (Lipinski definition) is 0. The van der Waals surface area contributed by atoms with Crippen LogP contribution in [0.5, 0.6) is 0 Å². The average Bonchev–Trinajstić information content (AvgIpc) is 2.69. The number of benzene rings is 3. The Morgan fingerprint density at radius 1 is 0.464 bits per heavy atom. The molecule has 138 valence electrons. The molecule has 0 saturated carbocycles. The molecule has 0 spiro atoms. The van der Waals surface area contributed by atoms with Gasteiger partial charge in [0.25, 0.3) is 0 Å². The van der Waals surface area contributed by atoms with E-state index in [0.717, 1.165) is 5.56 Å². The Morgan fingerprint density at radius 3 is 1.21 bits per heavy atom. The van der Waals surface area contributed by atoms with Crippen molar-refractivity contribution in [1.82, 2.24) is 0 Å². The van der Waals surface area contributed by atoms with Crippen LogP contribution in [-0.2, 0) is 5.41 Å². The first kappa shape index (κ1) is 17.9. The molecule has 0 bridgehead atoms. The fourth-order valence-electron chi connectivity index (χ4n) is 2.74. The van der Waals surface area contributed by atoms with E-state index in [1.54, 1.807) is 0 Å². The SMILES string of the molecule is CC(C)(C)c1ccc2c(c1)N=Nc1ccccc1N=Nc1ccccc1N=N2. The van der Waals surface area contributed by atoms with E-state index in [2.05, 4.69) is 57.5 Å². The lowest BCUT2D eigenvalue weighted by atomic mass is 9.87. The molecule has 1 aliphatic rings. The van der Waals surface area contributed by atoms with E-state index < -0.39 is 0 Å². The maximum atomic E-state index is 4.46. The molecule has 0 fully saturated rings. The first-order valence-electron chi connectivity index (χ1n) is 9.08. The van der Waals surface area contributed by atoms with Crippen molar-refractivity contribution in [2.24, 2.45) is 30.7 Å². The van der Waals surface area contributed by atoms with Crippen LogP contribution in [0.3, 0.4) is 0 Å². The molecule has 1 heterocycles. The number of rotatable bonds is 0. The van der Waals surface area contributed by atoms with Gasteiger partial charge in [-0.25, -0.2) is 0 Å². The van der Waals surface area contributed by atoms with Crippen molar-refractivity contribution < 1.29 is 0 Å².